The highest BCUT2D eigenvalue weighted by molar-refractivity contribution is 6.08. The van der Waals surface area contributed by atoms with Crippen LogP contribution in [0.2, 0.25) is 0 Å². The van der Waals surface area contributed by atoms with Crippen molar-refractivity contribution in [2.75, 3.05) is 19.6 Å². The van der Waals surface area contributed by atoms with Crippen LogP contribution >= 0.6 is 0 Å². The number of benzene rings is 1. The minimum absolute atomic E-state index is 0.272. The molecule has 1 fully saturated rings. The van der Waals surface area contributed by atoms with E-state index in [2.05, 4.69) is 30.1 Å². The molecule has 100 valence electrons. The van der Waals surface area contributed by atoms with Crippen molar-refractivity contribution in [3.05, 3.63) is 35.5 Å². The zero-order valence-electron chi connectivity index (χ0n) is 11.5. The Labute approximate surface area is 113 Å². The molecular weight excluding hydrogens is 236 g/mol. The second-order valence-electron chi connectivity index (χ2n) is 5.66. The van der Waals surface area contributed by atoms with E-state index in [4.69, 9.17) is 0 Å². The molecule has 0 atom stereocenters. The molecular formula is C16H21N2O+. The first kappa shape index (κ1) is 12.4. The van der Waals surface area contributed by atoms with Crippen LogP contribution < -0.4 is 4.90 Å². The smallest absolute Gasteiger partial charge is 0.219 e. The number of quaternary nitrogens is 1. The number of fused-ring (bicyclic) bond motifs is 1. The highest BCUT2D eigenvalue weighted by atomic mass is 16.1. The van der Waals surface area contributed by atoms with Crippen molar-refractivity contribution in [1.29, 1.82) is 0 Å². The number of carbonyl (C=O) groups is 1. The van der Waals surface area contributed by atoms with Gasteiger partial charge in [-0.1, -0.05) is 11.6 Å². The van der Waals surface area contributed by atoms with E-state index in [1.165, 1.54) is 29.7 Å². The monoisotopic (exact) mass is 257 g/mol. The van der Waals surface area contributed by atoms with Crippen molar-refractivity contribution in [2.45, 2.75) is 26.2 Å². The van der Waals surface area contributed by atoms with Crippen molar-refractivity contribution in [1.82, 2.24) is 4.98 Å². The first-order chi connectivity index (χ1) is 9.24. The number of H-pyrrole nitrogens is 1. The predicted molar refractivity (Wildman–Crippen MR) is 76.8 cm³/mol. The Morgan fingerprint density at radius 3 is 2.84 bits per heavy atom. The van der Waals surface area contributed by atoms with E-state index in [-0.39, 0.29) is 5.78 Å². The van der Waals surface area contributed by atoms with Crippen LogP contribution in [0.4, 0.5) is 0 Å². The molecule has 0 saturated carbocycles. The molecule has 0 spiro atoms. The number of hydrogen-bond acceptors (Lipinski definition) is 1. The fourth-order valence-electron chi connectivity index (χ4n) is 3.02. The molecule has 3 heteroatoms. The standard InChI is InChI=1S/C16H20N2O/c1-12-5-6-15-13(9-12)14(10-17-15)16(19)11-18-7-3-2-4-8-18/h5-6,9-10,17H,2-4,7-8,11H2,1H3/p+1. The normalized spacial score (nSPS) is 16.9. The van der Waals surface area contributed by atoms with Crippen molar-refractivity contribution >= 4 is 16.7 Å². The second kappa shape index (κ2) is 5.17. The Balaban J connectivity index is 1.82. The minimum atomic E-state index is 0.272. The van der Waals surface area contributed by atoms with Gasteiger partial charge in [-0.2, -0.15) is 0 Å². The first-order valence-electron chi connectivity index (χ1n) is 7.18. The fourth-order valence-corrected chi connectivity index (χ4v) is 3.02. The number of nitrogens with one attached hydrogen (secondary N) is 2. The Hall–Kier alpha value is -1.61. The van der Waals surface area contributed by atoms with Gasteiger partial charge < -0.3 is 9.88 Å². The predicted octanol–water partition coefficient (Wildman–Crippen LogP) is 1.73. The van der Waals surface area contributed by atoms with Gasteiger partial charge in [-0.3, -0.25) is 4.79 Å². The highest BCUT2D eigenvalue weighted by Crippen LogP contribution is 2.19. The molecule has 2 heterocycles. The topological polar surface area (TPSA) is 37.3 Å². The highest BCUT2D eigenvalue weighted by Gasteiger charge is 2.20. The summed E-state index contributed by atoms with van der Waals surface area (Å²) in [4.78, 5) is 17.1. The van der Waals surface area contributed by atoms with E-state index >= 15 is 0 Å². The van der Waals surface area contributed by atoms with Gasteiger partial charge in [0, 0.05) is 22.7 Å². The lowest BCUT2D eigenvalue weighted by atomic mass is 10.1. The van der Waals surface area contributed by atoms with Gasteiger partial charge in [-0.15, -0.1) is 0 Å². The lowest BCUT2D eigenvalue weighted by molar-refractivity contribution is -0.896. The van der Waals surface area contributed by atoms with E-state index < -0.39 is 0 Å². The average Bonchev–Trinajstić information content (AvgIpc) is 2.82. The van der Waals surface area contributed by atoms with Gasteiger partial charge in [0.2, 0.25) is 5.78 Å². The van der Waals surface area contributed by atoms with E-state index in [9.17, 15) is 4.79 Å². The third-order valence-electron chi connectivity index (χ3n) is 4.11. The van der Waals surface area contributed by atoms with E-state index in [1.807, 2.05) is 6.20 Å². The zero-order chi connectivity index (χ0) is 13.2. The van der Waals surface area contributed by atoms with E-state index in [1.54, 1.807) is 0 Å². The van der Waals surface area contributed by atoms with Gasteiger partial charge in [0.05, 0.1) is 13.1 Å². The summed E-state index contributed by atoms with van der Waals surface area (Å²) < 4.78 is 0. The number of aryl methyl sites for hydroxylation is 1. The maximum Gasteiger partial charge on any atom is 0.219 e. The number of aromatic amines is 1. The Morgan fingerprint density at radius 1 is 1.26 bits per heavy atom. The maximum absolute atomic E-state index is 12.5. The van der Waals surface area contributed by atoms with Gasteiger partial charge in [0.1, 0.15) is 6.54 Å². The molecule has 3 rings (SSSR count). The fraction of sp³-hybridized carbons (Fsp3) is 0.438. The molecule has 1 aromatic carbocycles. The van der Waals surface area contributed by atoms with Crippen molar-refractivity contribution < 1.29 is 9.69 Å². The SMILES string of the molecule is Cc1ccc2[nH]cc(C(=O)C[NH+]3CCCCC3)c2c1. The van der Waals surface area contributed by atoms with Crippen LogP contribution in [0.5, 0.6) is 0 Å². The lowest BCUT2D eigenvalue weighted by Crippen LogP contribution is -3.13. The summed E-state index contributed by atoms with van der Waals surface area (Å²) in [6, 6.07) is 6.22. The molecule has 1 aliphatic rings. The van der Waals surface area contributed by atoms with E-state index in [0.29, 0.717) is 6.54 Å². The van der Waals surface area contributed by atoms with Crippen LogP contribution in [0.25, 0.3) is 10.9 Å². The lowest BCUT2D eigenvalue weighted by Gasteiger charge is -2.22. The summed E-state index contributed by atoms with van der Waals surface area (Å²) >= 11 is 0. The van der Waals surface area contributed by atoms with Crippen LogP contribution in [0, 0.1) is 6.92 Å². The molecule has 0 radical (unpaired) electrons. The number of ketones is 1. The Morgan fingerprint density at radius 2 is 2.05 bits per heavy atom. The van der Waals surface area contributed by atoms with Crippen LogP contribution in [0.15, 0.2) is 24.4 Å². The molecule has 2 aromatic rings. The number of Topliss-reactive ketones (excluding diaryl/α,β-unsaturated/α-hetero) is 1. The van der Waals surface area contributed by atoms with Gasteiger partial charge in [-0.25, -0.2) is 0 Å². The summed E-state index contributed by atoms with van der Waals surface area (Å²) in [7, 11) is 0. The third-order valence-corrected chi connectivity index (χ3v) is 4.11. The molecule has 0 aliphatic carbocycles. The van der Waals surface area contributed by atoms with Crippen LogP contribution in [-0.2, 0) is 0 Å². The number of aromatic nitrogens is 1. The summed E-state index contributed by atoms with van der Waals surface area (Å²) in [5.74, 6) is 0.272. The Bertz CT molecular complexity index is 594. The van der Waals surface area contributed by atoms with Crippen molar-refractivity contribution in [2.24, 2.45) is 0 Å². The van der Waals surface area contributed by atoms with Gasteiger partial charge in [-0.05, 0) is 38.3 Å². The molecule has 3 nitrogen and oxygen atoms in total. The molecule has 1 aromatic heterocycles. The average molecular weight is 257 g/mol. The second-order valence-corrected chi connectivity index (χ2v) is 5.66. The minimum Gasteiger partial charge on any atom is -0.360 e. The zero-order valence-corrected chi connectivity index (χ0v) is 11.5. The maximum atomic E-state index is 12.5. The number of piperidine rings is 1. The Kier molecular flexibility index (Phi) is 3.38. The van der Waals surface area contributed by atoms with Gasteiger partial charge >= 0.3 is 0 Å². The van der Waals surface area contributed by atoms with Gasteiger partial charge in [0.15, 0.2) is 0 Å². The largest absolute Gasteiger partial charge is 0.360 e. The third kappa shape index (κ3) is 2.56. The van der Waals surface area contributed by atoms with Crippen LogP contribution in [0.3, 0.4) is 0 Å². The van der Waals surface area contributed by atoms with E-state index in [0.717, 1.165) is 29.6 Å². The van der Waals surface area contributed by atoms with Gasteiger partial charge in [0.25, 0.3) is 0 Å². The summed E-state index contributed by atoms with van der Waals surface area (Å²) in [5, 5.41) is 1.07. The summed E-state index contributed by atoms with van der Waals surface area (Å²) in [6.07, 6.45) is 5.71. The number of rotatable bonds is 3. The molecule has 0 bridgehead atoms. The molecule has 0 unspecified atom stereocenters. The first-order valence-corrected chi connectivity index (χ1v) is 7.18. The summed E-state index contributed by atoms with van der Waals surface area (Å²) in [6.45, 7) is 5.00. The molecule has 19 heavy (non-hydrogen) atoms. The number of likely N-dealkylation sites (tertiary alicyclic amines) is 1. The molecule has 1 saturated heterocycles. The van der Waals surface area contributed by atoms with Crippen LogP contribution in [-0.4, -0.2) is 30.4 Å². The number of carbonyl (C=O) groups excluding carboxylic acids is 1. The quantitative estimate of drug-likeness (QED) is 0.807. The molecule has 2 N–H and O–H groups in total. The van der Waals surface area contributed by atoms with Crippen LogP contribution in [0.1, 0.15) is 35.2 Å². The number of hydrogen-bond donors (Lipinski definition) is 2. The van der Waals surface area contributed by atoms with Crippen molar-refractivity contribution in [3.8, 4) is 0 Å². The summed E-state index contributed by atoms with van der Waals surface area (Å²) in [5.41, 5.74) is 3.12. The van der Waals surface area contributed by atoms with Crippen molar-refractivity contribution in [3.63, 3.8) is 0 Å². The molecule has 0 amide bonds. The molecule has 1 aliphatic heterocycles.